The van der Waals surface area contributed by atoms with Crippen molar-refractivity contribution in [1.82, 2.24) is 0 Å². The van der Waals surface area contributed by atoms with Crippen molar-refractivity contribution >= 4 is 6.08 Å². The van der Waals surface area contributed by atoms with Gasteiger partial charge in [0.25, 0.3) is 0 Å². The Hall–Kier alpha value is -1.68. The van der Waals surface area contributed by atoms with Crippen molar-refractivity contribution < 1.29 is 19.0 Å². The normalized spacial score (nSPS) is 22.7. The maximum Gasteiger partial charge on any atom is 0.235 e. The molecule has 0 N–H and O–H groups in total. The Bertz CT molecular complexity index is 549. The van der Waals surface area contributed by atoms with Crippen LogP contribution in [0.5, 0.6) is 5.75 Å². The minimum atomic E-state index is -0.545. The minimum absolute atomic E-state index is 0.471. The Kier molecular flexibility index (Phi) is 3.81. The third-order valence-corrected chi connectivity index (χ3v) is 4.52. The molecule has 0 atom stereocenters. The van der Waals surface area contributed by atoms with Crippen molar-refractivity contribution in [3.8, 4) is 5.75 Å². The molecule has 3 rings (SSSR count). The van der Waals surface area contributed by atoms with E-state index in [0.717, 1.165) is 24.2 Å². The summed E-state index contributed by atoms with van der Waals surface area (Å²) in [6.45, 7) is 1.28. The second-order valence-electron chi connectivity index (χ2n) is 5.57. The van der Waals surface area contributed by atoms with E-state index in [1.807, 2.05) is 24.3 Å². The first kappa shape index (κ1) is 14.3. The highest BCUT2D eigenvalue weighted by molar-refractivity contribution is 5.40. The molecule has 0 bridgehead atoms. The molecule has 2 fully saturated rings. The molecular weight excluding hydrogens is 270 g/mol. The predicted octanol–water partition coefficient (Wildman–Crippen LogP) is 2.54. The average molecular weight is 289 g/mol. The summed E-state index contributed by atoms with van der Waals surface area (Å²) < 4.78 is 16.8. The van der Waals surface area contributed by atoms with Crippen LogP contribution >= 0.6 is 0 Å². The van der Waals surface area contributed by atoms with Crippen molar-refractivity contribution in [3.63, 3.8) is 0 Å². The van der Waals surface area contributed by atoms with Gasteiger partial charge in [0.15, 0.2) is 5.79 Å². The van der Waals surface area contributed by atoms with E-state index in [4.69, 9.17) is 14.2 Å². The van der Waals surface area contributed by atoms with Crippen molar-refractivity contribution in [2.75, 3.05) is 20.3 Å². The van der Waals surface area contributed by atoms with E-state index < -0.39 is 11.3 Å². The monoisotopic (exact) mass is 289 g/mol. The van der Waals surface area contributed by atoms with Crippen LogP contribution in [0.4, 0.5) is 0 Å². The zero-order valence-corrected chi connectivity index (χ0v) is 12.1. The molecule has 1 aromatic carbocycles. The number of isocyanates is 1. The number of aliphatic imine (C=N–C) groups is 1. The molecule has 1 saturated carbocycles. The molecule has 5 heteroatoms. The van der Waals surface area contributed by atoms with Gasteiger partial charge in [-0.15, -0.1) is 0 Å². The van der Waals surface area contributed by atoms with E-state index >= 15 is 0 Å². The molecule has 0 radical (unpaired) electrons. The fourth-order valence-corrected chi connectivity index (χ4v) is 3.30. The number of methoxy groups -OCH3 is 1. The Labute approximate surface area is 123 Å². The van der Waals surface area contributed by atoms with Crippen LogP contribution in [0.3, 0.4) is 0 Å². The number of rotatable bonds is 3. The predicted molar refractivity (Wildman–Crippen MR) is 75.9 cm³/mol. The molecule has 0 unspecified atom stereocenters. The van der Waals surface area contributed by atoms with Crippen LogP contribution < -0.4 is 4.74 Å². The van der Waals surface area contributed by atoms with Crippen LogP contribution in [0.2, 0.25) is 0 Å². The fourth-order valence-electron chi connectivity index (χ4n) is 3.30. The van der Waals surface area contributed by atoms with Gasteiger partial charge in [0.1, 0.15) is 5.75 Å². The van der Waals surface area contributed by atoms with Crippen LogP contribution in [-0.4, -0.2) is 32.2 Å². The Morgan fingerprint density at radius 1 is 1.19 bits per heavy atom. The van der Waals surface area contributed by atoms with Gasteiger partial charge in [-0.3, -0.25) is 0 Å². The SMILES string of the molecule is COc1cccc(C2(N=C=O)CCC3(CC2)OCCO3)c1. The van der Waals surface area contributed by atoms with E-state index in [0.29, 0.717) is 26.1 Å². The molecule has 2 aliphatic rings. The lowest BCUT2D eigenvalue weighted by Gasteiger charge is -2.40. The van der Waals surface area contributed by atoms with Crippen LogP contribution in [0.15, 0.2) is 29.3 Å². The molecule has 0 aromatic heterocycles. The standard InChI is InChI=1S/C16H19NO4/c1-19-14-4-2-3-13(11-14)15(17-12-18)5-7-16(8-6-15)20-9-10-21-16/h2-4,11H,5-10H2,1H3. The average Bonchev–Trinajstić information content (AvgIpc) is 2.99. The van der Waals surface area contributed by atoms with Crippen LogP contribution in [-0.2, 0) is 19.8 Å². The summed E-state index contributed by atoms with van der Waals surface area (Å²) in [7, 11) is 1.63. The van der Waals surface area contributed by atoms with E-state index in [9.17, 15) is 4.79 Å². The molecule has 5 nitrogen and oxygen atoms in total. The maximum absolute atomic E-state index is 10.9. The highest BCUT2D eigenvalue weighted by Crippen LogP contribution is 2.47. The van der Waals surface area contributed by atoms with E-state index in [2.05, 4.69) is 4.99 Å². The maximum atomic E-state index is 10.9. The third-order valence-electron chi connectivity index (χ3n) is 4.52. The number of hydrogen-bond acceptors (Lipinski definition) is 5. The molecule has 1 saturated heterocycles. The Balaban J connectivity index is 1.89. The first-order valence-electron chi connectivity index (χ1n) is 7.23. The second kappa shape index (κ2) is 5.60. The zero-order valence-electron chi connectivity index (χ0n) is 12.1. The van der Waals surface area contributed by atoms with E-state index in [1.54, 1.807) is 13.2 Å². The van der Waals surface area contributed by atoms with Gasteiger partial charge in [0.2, 0.25) is 6.08 Å². The Morgan fingerprint density at radius 3 is 2.52 bits per heavy atom. The fraction of sp³-hybridized carbons (Fsp3) is 0.562. The number of ether oxygens (including phenoxy) is 3. The van der Waals surface area contributed by atoms with Gasteiger partial charge >= 0.3 is 0 Å². The summed E-state index contributed by atoms with van der Waals surface area (Å²) in [5.74, 6) is 0.294. The topological polar surface area (TPSA) is 57.1 Å². The summed E-state index contributed by atoms with van der Waals surface area (Å²) >= 11 is 0. The Morgan fingerprint density at radius 2 is 1.90 bits per heavy atom. The van der Waals surface area contributed by atoms with Gasteiger partial charge in [-0.25, -0.2) is 4.79 Å². The molecule has 1 aliphatic heterocycles. The minimum Gasteiger partial charge on any atom is -0.497 e. The summed E-state index contributed by atoms with van der Waals surface area (Å²) in [4.78, 5) is 15.1. The molecule has 1 aliphatic carbocycles. The molecule has 1 aromatic rings. The second-order valence-corrected chi connectivity index (χ2v) is 5.57. The number of hydrogen-bond donors (Lipinski definition) is 0. The zero-order chi connectivity index (χ0) is 14.8. The van der Waals surface area contributed by atoms with Gasteiger partial charge in [-0.1, -0.05) is 12.1 Å². The van der Waals surface area contributed by atoms with Gasteiger partial charge in [0.05, 0.1) is 25.9 Å². The lowest BCUT2D eigenvalue weighted by Crippen LogP contribution is -2.41. The van der Waals surface area contributed by atoms with Crippen LogP contribution in [0.25, 0.3) is 0 Å². The molecule has 21 heavy (non-hydrogen) atoms. The smallest absolute Gasteiger partial charge is 0.235 e. The molecule has 112 valence electrons. The first-order chi connectivity index (χ1) is 10.2. The van der Waals surface area contributed by atoms with Gasteiger partial charge in [-0.05, 0) is 30.5 Å². The van der Waals surface area contributed by atoms with Gasteiger partial charge in [-0.2, -0.15) is 4.99 Å². The first-order valence-corrected chi connectivity index (χ1v) is 7.23. The van der Waals surface area contributed by atoms with Crippen molar-refractivity contribution in [2.24, 2.45) is 4.99 Å². The van der Waals surface area contributed by atoms with Crippen molar-refractivity contribution in [3.05, 3.63) is 29.8 Å². The quantitative estimate of drug-likeness (QED) is 0.634. The molecular formula is C16H19NO4. The summed E-state index contributed by atoms with van der Waals surface area (Å²) in [6.07, 6.45) is 4.62. The molecule has 0 amide bonds. The molecule has 1 heterocycles. The van der Waals surface area contributed by atoms with Crippen LogP contribution in [0, 0.1) is 0 Å². The largest absolute Gasteiger partial charge is 0.497 e. The number of benzene rings is 1. The summed E-state index contributed by atoms with van der Waals surface area (Å²) in [5.41, 5.74) is 0.440. The van der Waals surface area contributed by atoms with Gasteiger partial charge < -0.3 is 14.2 Å². The summed E-state index contributed by atoms with van der Waals surface area (Å²) in [5, 5.41) is 0. The lowest BCUT2D eigenvalue weighted by molar-refractivity contribution is -0.184. The van der Waals surface area contributed by atoms with Gasteiger partial charge in [0, 0.05) is 12.8 Å². The lowest BCUT2D eigenvalue weighted by atomic mass is 9.74. The third kappa shape index (κ3) is 2.60. The van der Waals surface area contributed by atoms with E-state index in [1.165, 1.54) is 0 Å². The van der Waals surface area contributed by atoms with E-state index in [-0.39, 0.29) is 0 Å². The number of nitrogens with zero attached hydrogens (tertiary/aromatic N) is 1. The van der Waals surface area contributed by atoms with Crippen molar-refractivity contribution in [1.29, 1.82) is 0 Å². The van der Waals surface area contributed by atoms with Crippen molar-refractivity contribution in [2.45, 2.75) is 37.0 Å². The summed E-state index contributed by atoms with van der Waals surface area (Å²) in [6, 6.07) is 7.73. The number of carbonyl (C=O) groups excluding carboxylic acids is 1. The van der Waals surface area contributed by atoms with Crippen LogP contribution in [0.1, 0.15) is 31.2 Å². The highest BCUT2D eigenvalue weighted by atomic mass is 16.7. The highest BCUT2D eigenvalue weighted by Gasteiger charge is 2.47. The molecule has 1 spiro atoms.